The first kappa shape index (κ1) is 14.4. The molecule has 0 saturated carbocycles. The van der Waals surface area contributed by atoms with E-state index in [1.54, 1.807) is 36.4 Å². The largest absolute Gasteiger partial charge is 0.493 e. The Balaban J connectivity index is 1.47. The van der Waals surface area contributed by atoms with Crippen LogP contribution in [0.3, 0.4) is 0 Å². The fourth-order valence-corrected chi connectivity index (χ4v) is 2.99. The van der Waals surface area contributed by atoms with Crippen molar-refractivity contribution in [3.05, 3.63) is 59.2 Å². The number of hydrogen-bond acceptors (Lipinski definition) is 4. The van der Waals surface area contributed by atoms with E-state index >= 15 is 0 Å². The van der Waals surface area contributed by atoms with E-state index in [9.17, 15) is 14.4 Å². The van der Waals surface area contributed by atoms with Crippen LogP contribution in [-0.2, 0) is 11.2 Å². The van der Waals surface area contributed by atoms with Gasteiger partial charge in [0.1, 0.15) is 12.3 Å². The van der Waals surface area contributed by atoms with Gasteiger partial charge in [-0.2, -0.15) is 0 Å². The molecule has 2 aromatic rings. The van der Waals surface area contributed by atoms with E-state index in [-0.39, 0.29) is 6.54 Å². The molecule has 6 heteroatoms. The SMILES string of the molecule is O=C(CN1C(=O)c2ccccc2C1=O)Nc1ccc2c(c1)CCO2. The number of fused-ring (bicyclic) bond motifs is 2. The molecule has 0 aromatic heterocycles. The van der Waals surface area contributed by atoms with Gasteiger partial charge in [-0.05, 0) is 35.9 Å². The van der Waals surface area contributed by atoms with E-state index in [2.05, 4.69) is 5.32 Å². The predicted octanol–water partition coefficient (Wildman–Crippen LogP) is 1.86. The zero-order valence-corrected chi connectivity index (χ0v) is 12.7. The Kier molecular flexibility index (Phi) is 3.30. The molecule has 6 nitrogen and oxygen atoms in total. The lowest BCUT2D eigenvalue weighted by atomic mass is 10.1. The Labute approximate surface area is 138 Å². The van der Waals surface area contributed by atoms with Crippen molar-refractivity contribution in [2.75, 3.05) is 18.5 Å². The predicted molar refractivity (Wildman–Crippen MR) is 86.1 cm³/mol. The molecule has 0 saturated heterocycles. The normalized spacial score (nSPS) is 15.1. The van der Waals surface area contributed by atoms with E-state index in [1.165, 1.54) is 0 Å². The molecule has 0 radical (unpaired) electrons. The molecule has 1 N–H and O–H groups in total. The Morgan fingerprint density at radius 2 is 1.79 bits per heavy atom. The molecule has 120 valence electrons. The number of carbonyl (C=O) groups is 3. The van der Waals surface area contributed by atoms with Crippen molar-refractivity contribution < 1.29 is 19.1 Å². The molecule has 0 atom stereocenters. The lowest BCUT2D eigenvalue weighted by molar-refractivity contribution is -0.116. The number of rotatable bonds is 3. The highest BCUT2D eigenvalue weighted by Crippen LogP contribution is 2.28. The molecular formula is C18H14N2O4. The molecule has 2 aliphatic rings. The van der Waals surface area contributed by atoms with E-state index in [0.717, 1.165) is 22.6 Å². The quantitative estimate of drug-likeness (QED) is 0.875. The molecule has 3 amide bonds. The molecule has 0 aliphatic carbocycles. The van der Waals surface area contributed by atoms with Gasteiger partial charge in [-0.3, -0.25) is 19.3 Å². The van der Waals surface area contributed by atoms with Gasteiger partial charge in [-0.15, -0.1) is 0 Å². The van der Waals surface area contributed by atoms with Gasteiger partial charge < -0.3 is 10.1 Å². The summed E-state index contributed by atoms with van der Waals surface area (Å²) in [7, 11) is 0. The van der Waals surface area contributed by atoms with Gasteiger partial charge in [0.15, 0.2) is 0 Å². The summed E-state index contributed by atoms with van der Waals surface area (Å²) < 4.78 is 5.42. The molecule has 2 aromatic carbocycles. The zero-order chi connectivity index (χ0) is 16.7. The minimum Gasteiger partial charge on any atom is -0.493 e. The highest BCUT2D eigenvalue weighted by molar-refractivity contribution is 6.22. The van der Waals surface area contributed by atoms with Crippen molar-refractivity contribution in [1.29, 1.82) is 0 Å². The van der Waals surface area contributed by atoms with Gasteiger partial charge in [-0.1, -0.05) is 12.1 Å². The molecule has 2 heterocycles. The van der Waals surface area contributed by atoms with Gasteiger partial charge >= 0.3 is 0 Å². The first-order valence-corrected chi connectivity index (χ1v) is 7.64. The minimum atomic E-state index is -0.437. The van der Waals surface area contributed by atoms with Crippen LogP contribution >= 0.6 is 0 Å². The highest BCUT2D eigenvalue weighted by atomic mass is 16.5. The van der Waals surface area contributed by atoms with Crippen LogP contribution in [0, 0.1) is 0 Å². The van der Waals surface area contributed by atoms with Gasteiger partial charge in [0.2, 0.25) is 5.91 Å². The van der Waals surface area contributed by atoms with Crippen LogP contribution in [-0.4, -0.2) is 35.8 Å². The van der Waals surface area contributed by atoms with Crippen molar-refractivity contribution >= 4 is 23.4 Å². The average molecular weight is 322 g/mol. The monoisotopic (exact) mass is 322 g/mol. The van der Waals surface area contributed by atoms with Crippen LogP contribution in [0.15, 0.2) is 42.5 Å². The summed E-state index contributed by atoms with van der Waals surface area (Å²) in [4.78, 5) is 37.7. The van der Waals surface area contributed by atoms with Crippen molar-refractivity contribution in [3.8, 4) is 5.75 Å². The van der Waals surface area contributed by atoms with Gasteiger partial charge in [0, 0.05) is 12.1 Å². The van der Waals surface area contributed by atoms with E-state index < -0.39 is 17.7 Å². The van der Waals surface area contributed by atoms with Crippen LogP contribution in [0.5, 0.6) is 5.75 Å². The van der Waals surface area contributed by atoms with Crippen molar-refractivity contribution in [1.82, 2.24) is 4.90 Å². The Morgan fingerprint density at radius 3 is 2.50 bits per heavy atom. The van der Waals surface area contributed by atoms with Crippen LogP contribution in [0.2, 0.25) is 0 Å². The summed E-state index contributed by atoms with van der Waals surface area (Å²) in [5, 5.41) is 2.73. The summed E-state index contributed by atoms with van der Waals surface area (Å²) in [5.41, 5.74) is 2.34. The van der Waals surface area contributed by atoms with Crippen molar-refractivity contribution in [2.24, 2.45) is 0 Å². The van der Waals surface area contributed by atoms with Crippen molar-refractivity contribution in [2.45, 2.75) is 6.42 Å². The van der Waals surface area contributed by atoms with E-state index in [4.69, 9.17) is 4.74 Å². The number of anilines is 1. The third-order valence-corrected chi connectivity index (χ3v) is 4.15. The summed E-state index contributed by atoms with van der Waals surface area (Å²) in [6, 6.07) is 12.0. The summed E-state index contributed by atoms with van der Waals surface area (Å²) in [5.74, 6) is -0.460. The topological polar surface area (TPSA) is 75.7 Å². The van der Waals surface area contributed by atoms with Gasteiger partial charge in [-0.25, -0.2) is 0 Å². The fraction of sp³-hybridized carbons (Fsp3) is 0.167. The second-order valence-corrected chi connectivity index (χ2v) is 5.71. The Bertz CT molecular complexity index is 840. The van der Waals surface area contributed by atoms with Crippen LogP contribution in [0.1, 0.15) is 26.3 Å². The maximum absolute atomic E-state index is 12.3. The van der Waals surface area contributed by atoms with Gasteiger partial charge in [0.05, 0.1) is 17.7 Å². The second kappa shape index (κ2) is 5.49. The van der Waals surface area contributed by atoms with Crippen LogP contribution in [0.25, 0.3) is 0 Å². The molecule has 2 aliphatic heterocycles. The zero-order valence-electron chi connectivity index (χ0n) is 12.7. The first-order chi connectivity index (χ1) is 11.6. The first-order valence-electron chi connectivity index (χ1n) is 7.64. The summed E-state index contributed by atoms with van der Waals surface area (Å²) >= 11 is 0. The lowest BCUT2D eigenvalue weighted by Crippen LogP contribution is -2.37. The minimum absolute atomic E-state index is 0.306. The van der Waals surface area contributed by atoms with Gasteiger partial charge in [0.25, 0.3) is 11.8 Å². The fourth-order valence-electron chi connectivity index (χ4n) is 2.99. The molecule has 4 rings (SSSR count). The number of nitrogens with zero attached hydrogens (tertiary/aromatic N) is 1. The molecule has 0 bridgehead atoms. The number of nitrogens with one attached hydrogen (secondary N) is 1. The number of ether oxygens (including phenoxy) is 1. The Hall–Kier alpha value is -3.15. The molecule has 0 unspecified atom stereocenters. The second-order valence-electron chi connectivity index (χ2n) is 5.71. The van der Waals surface area contributed by atoms with Crippen LogP contribution in [0.4, 0.5) is 5.69 Å². The third-order valence-electron chi connectivity index (χ3n) is 4.15. The number of carbonyl (C=O) groups excluding carboxylic acids is 3. The lowest BCUT2D eigenvalue weighted by Gasteiger charge is -2.14. The molecule has 0 fully saturated rings. The maximum atomic E-state index is 12.3. The third kappa shape index (κ3) is 2.32. The summed E-state index contributed by atoms with van der Waals surface area (Å²) in [6.45, 7) is 0.335. The van der Waals surface area contributed by atoms with Crippen LogP contribution < -0.4 is 10.1 Å². The van der Waals surface area contributed by atoms with E-state index in [0.29, 0.717) is 23.4 Å². The number of benzene rings is 2. The average Bonchev–Trinajstić information content (AvgIpc) is 3.14. The summed E-state index contributed by atoms with van der Waals surface area (Å²) in [6.07, 6.45) is 0.803. The number of hydrogen-bond donors (Lipinski definition) is 1. The van der Waals surface area contributed by atoms with E-state index in [1.807, 2.05) is 6.07 Å². The molecular weight excluding hydrogens is 308 g/mol. The maximum Gasteiger partial charge on any atom is 0.262 e. The van der Waals surface area contributed by atoms with Crippen molar-refractivity contribution in [3.63, 3.8) is 0 Å². The standard InChI is InChI=1S/C18H14N2O4/c21-16(19-12-5-6-15-11(9-12)7-8-24-15)10-20-17(22)13-3-1-2-4-14(13)18(20)23/h1-6,9H,7-8,10H2,(H,19,21). The molecule has 0 spiro atoms. The molecule has 24 heavy (non-hydrogen) atoms. The Morgan fingerprint density at radius 1 is 1.08 bits per heavy atom. The number of imide groups is 1. The number of amides is 3. The smallest absolute Gasteiger partial charge is 0.262 e. The highest BCUT2D eigenvalue weighted by Gasteiger charge is 2.36.